The summed E-state index contributed by atoms with van der Waals surface area (Å²) in [5.41, 5.74) is 0. The summed E-state index contributed by atoms with van der Waals surface area (Å²) >= 11 is 0. The number of aliphatic hydroxyl groups excluding tert-OH is 2. The van der Waals surface area contributed by atoms with Crippen molar-refractivity contribution in [3.05, 3.63) is 170 Å². The Kier molecular flexibility index (Phi) is 72.8. The van der Waals surface area contributed by atoms with Crippen molar-refractivity contribution >= 4 is 33.6 Å². The van der Waals surface area contributed by atoms with Gasteiger partial charge < -0.3 is 34.2 Å². The number of phosphoric ester groups is 2. The van der Waals surface area contributed by atoms with Crippen molar-refractivity contribution in [1.29, 1.82) is 0 Å². The van der Waals surface area contributed by atoms with Gasteiger partial charge >= 0.3 is 33.6 Å². The Balaban J connectivity index is 4.56. The van der Waals surface area contributed by atoms with Crippen LogP contribution in [0.3, 0.4) is 0 Å². The van der Waals surface area contributed by atoms with Gasteiger partial charge in [0.05, 0.1) is 26.4 Å². The molecular weight excluding hydrogens is 1340 g/mol. The smallest absolute Gasteiger partial charge is 0.463 e. The van der Waals surface area contributed by atoms with Crippen LogP contribution in [0, 0.1) is 0 Å². The first-order valence-corrected chi connectivity index (χ1v) is 42.4. The largest absolute Gasteiger partial charge is 0.472 e. The maximum absolute atomic E-state index is 13.0. The van der Waals surface area contributed by atoms with E-state index in [0.29, 0.717) is 19.3 Å². The van der Waals surface area contributed by atoms with E-state index >= 15 is 0 Å². The molecule has 0 aromatic heterocycles. The van der Waals surface area contributed by atoms with Crippen LogP contribution < -0.4 is 0 Å². The topological polar surface area (TPSA) is 231 Å². The van der Waals surface area contributed by atoms with E-state index < -0.39 is 91.5 Å². The molecule has 5 unspecified atom stereocenters. The third-order valence-electron chi connectivity index (χ3n) is 15.9. The number of esters is 3. The van der Waals surface area contributed by atoms with Crippen molar-refractivity contribution in [2.45, 2.75) is 309 Å². The number of aliphatic hydroxyl groups is 2. The second-order valence-corrected chi connectivity index (χ2v) is 28.6. The second-order valence-electron chi connectivity index (χ2n) is 25.7. The lowest BCUT2D eigenvalue weighted by atomic mass is 10.0. The fourth-order valence-corrected chi connectivity index (χ4v) is 11.6. The van der Waals surface area contributed by atoms with Crippen LogP contribution in [0.15, 0.2) is 170 Å². The Hall–Kier alpha value is -5.09. The zero-order chi connectivity index (χ0) is 75.2. The first-order chi connectivity index (χ1) is 50.2. The molecule has 5 atom stereocenters. The fourth-order valence-electron chi connectivity index (χ4n) is 10.0. The highest BCUT2D eigenvalue weighted by Crippen LogP contribution is 2.45. The van der Waals surface area contributed by atoms with Gasteiger partial charge in [-0.15, -0.1) is 0 Å². The molecular formula is C85H140O16P2. The molecule has 0 heterocycles. The Morgan fingerprint density at radius 1 is 0.272 bits per heavy atom. The minimum absolute atomic E-state index is 0.0632. The summed E-state index contributed by atoms with van der Waals surface area (Å²) in [5, 5.41) is 20.6. The molecule has 0 aliphatic heterocycles. The van der Waals surface area contributed by atoms with Gasteiger partial charge in [0.25, 0.3) is 0 Å². The van der Waals surface area contributed by atoms with E-state index in [9.17, 15) is 43.5 Å². The van der Waals surface area contributed by atoms with Crippen LogP contribution in [0.2, 0.25) is 0 Å². The molecule has 0 aliphatic rings. The van der Waals surface area contributed by atoms with Gasteiger partial charge in [0.15, 0.2) is 6.10 Å². The van der Waals surface area contributed by atoms with Gasteiger partial charge in [-0.3, -0.25) is 32.5 Å². The molecule has 103 heavy (non-hydrogen) atoms. The summed E-state index contributed by atoms with van der Waals surface area (Å²) in [6.07, 6.45) is 97.0. The van der Waals surface area contributed by atoms with Crippen LogP contribution >= 0.6 is 15.6 Å². The quantitative estimate of drug-likeness (QED) is 0.0146. The number of rotatable bonds is 73. The lowest BCUT2D eigenvalue weighted by Gasteiger charge is -2.21. The lowest BCUT2D eigenvalue weighted by Crippen LogP contribution is -2.30. The van der Waals surface area contributed by atoms with Crippen molar-refractivity contribution < 1.29 is 75.8 Å². The molecule has 0 saturated carbocycles. The Bertz CT molecular complexity index is 2550. The van der Waals surface area contributed by atoms with E-state index in [1.54, 1.807) is 0 Å². The standard InChI is InChI=1S/C85H140O16P2/c1-4-7-10-13-16-19-22-25-28-31-33-34-35-36-37-38-39-40-41-42-43-44-46-49-50-53-56-59-62-65-68-71-83(88)95-74-80(86)75-97-102(91,92)98-76-81(87)77-99-103(93,94)100-79-82(101-85(90)73-70-67-64-61-58-55-52-47-30-27-24-21-18-15-12-9-6-3)78-96-84(89)72-69-66-63-60-57-54-51-48-45-32-29-26-23-20-17-14-11-8-5-2/h7-12,16-21,25-30,33-34,36-37,45,48,52,54-55,57,80-82,86-87H,4-6,13-15,22-24,31-32,35,38-44,46-47,49-51,53,56,58-79H2,1-3H3,(H,91,92)(H,93,94)/b10-7-,11-8-,12-9-,19-16-,20-17-,21-18-,28-25-,29-26-,30-27-,34-33-,37-36-,48-45-,55-52-,57-54-. The van der Waals surface area contributed by atoms with Crippen molar-refractivity contribution in [1.82, 2.24) is 0 Å². The van der Waals surface area contributed by atoms with E-state index in [0.717, 1.165) is 154 Å². The maximum Gasteiger partial charge on any atom is 0.472 e. The molecule has 0 saturated heterocycles. The average molecular weight is 1480 g/mol. The second kappa shape index (κ2) is 76.6. The molecule has 0 bridgehead atoms. The zero-order valence-corrected chi connectivity index (χ0v) is 65.7. The highest BCUT2D eigenvalue weighted by atomic mass is 31.2. The Morgan fingerprint density at radius 3 is 0.777 bits per heavy atom. The van der Waals surface area contributed by atoms with Gasteiger partial charge in [0.2, 0.25) is 0 Å². The van der Waals surface area contributed by atoms with E-state index in [4.69, 9.17) is 32.3 Å². The van der Waals surface area contributed by atoms with Crippen LogP contribution in [0.25, 0.3) is 0 Å². The highest BCUT2D eigenvalue weighted by molar-refractivity contribution is 7.47. The molecule has 4 N–H and O–H groups in total. The van der Waals surface area contributed by atoms with E-state index in [-0.39, 0.29) is 19.3 Å². The number of unbranched alkanes of at least 4 members (excludes halogenated alkanes) is 22. The monoisotopic (exact) mass is 1480 g/mol. The number of hydrogen-bond donors (Lipinski definition) is 4. The van der Waals surface area contributed by atoms with E-state index in [1.807, 2.05) is 0 Å². The zero-order valence-electron chi connectivity index (χ0n) is 63.9. The summed E-state index contributed by atoms with van der Waals surface area (Å²) in [6, 6.07) is 0. The Morgan fingerprint density at radius 2 is 0.485 bits per heavy atom. The first kappa shape index (κ1) is 97.9. The Labute approximate surface area is 624 Å². The van der Waals surface area contributed by atoms with Crippen molar-refractivity contribution in [3.8, 4) is 0 Å². The summed E-state index contributed by atoms with van der Waals surface area (Å²) in [7, 11) is -9.82. The molecule has 18 heteroatoms. The van der Waals surface area contributed by atoms with Gasteiger partial charge in [-0.2, -0.15) is 0 Å². The lowest BCUT2D eigenvalue weighted by molar-refractivity contribution is -0.161. The number of hydrogen-bond acceptors (Lipinski definition) is 14. The SMILES string of the molecule is CC/C=C\C/C=C\C/C=C\C/C=C\C/C=C\CCCCCCCCCCCCCCCCCC(=O)OCC(O)COP(=O)(O)OCC(O)COP(=O)(O)OCC(COC(=O)CCCCC/C=C\C/C=C\C/C=C\C/C=C\C/C=C\CC)OC(=O)CCCCCC/C=C\C/C=C\C/C=C\C/C=C\CC. The fraction of sp³-hybridized carbons (Fsp3) is 0.635. The number of carbonyl (C=O) groups excluding carboxylic acids is 3. The number of ether oxygens (including phenoxy) is 3. The predicted molar refractivity (Wildman–Crippen MR) is 426 cm³/mol. The third kappa shape index (κ3) is 77.8. The van der Waals surface area contributed by atoms with Crippen molar-refractivity contribution in [2.75, 3.05) is 39.6 Å². The average Bonchev–Trinajstić information content (AvgIpc) is 0.915. The summed E-state index contributed by atoms with van der Waals surface area (Å²) < 4.78 is 61.1. The molecule has 0 radical (unpaired) electrons. The number of carbonyl (C=O) groups is 3. The normalized spacial score (nSPS) is 14.9. The molecule has 0 aliphatic carbocycles. The predicted octanol–water partition coefficient (Wildman–Crippen LogP) is 23.2. The molecule has 0 spiro atoms. The first-order valence-electron chi connectivity index (χ1n) is 39.4. The number of allylic oxidation sites excluding steroid dienone is 28. The molecule has 0 amide bonds. The minimum Gasteiger partial charge on any atom is -0.463 e. The van der Waals surface area contributed by atoms with Crippen LogP contribution in [0.4, 0.5) is 0 Å². The molecule has 0 aromatic rings. The van der Waals surface area contributed by atoms with E-state index in [1.165, 1.54) is 77.0 Å². The minimum atomic E-state index is -4.95. The number of phosphoric acid groups is 2. The van der Waals surface area contributed by atoms with Crippen molar-refractivity contribution in [3.63, 3.8) is 0 Å². The summed E-state index contributed by atoms with van der Waals surface area (Å²) in [6.45, 7) is 2.26. The van der Waals surface area contributed by atoms with Gasteiger partial charge in [0, 0.05) is 19.3 Å². The molecule has 0 fully saturated rings. The maximum atomic E-state index is 13.0. The van der Waals surface area contributed by atoms with E-state index in [2.05, 4.69) is 191 Å². The van der Waals surface area contributed by atoms with Gasteiger partial charge in [-0.25, -0.2) is 9.13 Å². The molecule has 586 valence electrons. The van der Waals surface area contributed by atoms with Gasteiger partial charge in [-0.05, 0) is 148 Å². The van der Waals surface area contributed by atoms with Gasteiger partial charge in [-0.1, -0.05) is 294 Å². The van der Waals surface area contributed by atoms with Crippen LogP contribution in [-0.4, -0.2) is 95.9 Å². The van der Waals surface area contributed by atoms with Crippen molar-refractivity contribution in [2.24, 2.45) is 0 Å². The van der Waals surface area contributed by atoms with Crippen LogP contribution in [0.1, 0.15) is 290 Å². The molecule has 0 aromatic carbocycles. The van der Waals surface area contributed by atoms with Gasteiger partial charge in [0.1, 0.15) is 25.4 Å². The molecule has 0 rings (SSSR count). The summed E-state index contributed by atoms with van der Waals surface area (Å²) in [4.78, 5) is 58.6. The van der Waals surface area contributed by atoms with Crippen LogP contribution in [0.5, 0.6) is 0 Å². The molecule has 16 nitrogen and oxygen atoms in total. The highest BCUT2D eigenvalue weighted by Gasteiger charge is 2.29. The summed E-state index contributed by atoms with van der Waals surface area (Å²) in [5.74, 6) is -1.65. The van der Waals surface area contributed by atoms with Crippen LogP contribution in [-0.2, 0) is 55.8 Å². The third-order valence-corrected chi connectivity index (χ3v) is 17.8.